The summed E-state index contributed by atoms with van der Waals surface area (Å²) < 4.78 is 26.7. The number of rotatable bonds is 6. The lowest BCUT2D eigenvalue weighted by Gasteiger charge is -2.07. The van der Waals surface area contributed by atoms with Gasteiger partial charge in [0.05, 0.1) is 25.5 Å². The highest BCUT2D eigenvalue weighted by Gasteiger charge is 2.19. The van der Waals surface area contributed by atoms with Gasteiger partial charge in [0.2, 0.25) is 6.79 Å². The molecular formula is C22H17N3O6S. The van der Waals surface area contributed by atoms with Crippen LogP contribution in [0.5, 0.6) is 23.0 Å². The Hall–Kier alpha value is -4.05. The highest BCUT2D eigenvalue weighted by molar-refractivity contribution is 7.14. The van der Waals surface area contributed by atoms with Crippen LogP contribution in [0, 0.1) is 0 Å². The first-order valence-electron chi connectivity index (χ1n) is 9.50. The SMILES string of the molecule is COc1ccc(OC)c(-c2cc(C(=O)Nc3nc(-c4ccc5c(c4)OCO5)cs3)no2)c1. The molecule has 1 aliphatic heterocycles. The molecule has 0 atom stereocenters. The van der Waals surface area contributed by atoms with Gasteiger partial charge in [-0.05, 0) is 36.4 Å². The Balaban J connectivity index is 1.33. The second-order valence-electron chi connectivity index (χ2n) is 6.70. The Morgan fingerprint density at radius 1 is 1.06 bits per heavy atom. The Morgan fingerprint density at radius 2 is 1.94 bits per heavy atom. The number of methoxy groups -OCH3 is 2. The van der Waals surface area contributed by atoms with Crippen LogP contribution in [0.1, 0.15) is 10.5 Å². The van der Waals surface area contributed by atoms with Crippen molar-refractivity contribution < 1.29 is 28.3 Å². The van der Waals surface area contributed by atoms with Gasteiger partial charge in [-0.15, -0.1) is 11.3 Å². The number of thiazole rings is 1. The first kappa shape index (κ1) is 19.9. The summed E-state index contributed by atoms with van der Waals surface area (Å²) in [7, 11) is 3.12. The Kier molecular flexibility index (Phi) is 5.12. The molecule has 5 rings (SSSR count). The van der Waals surface area contributed by atoms with Gasteiger partial charge in [-0.1, -0.05) is 5.16 Å². The molecule has 0 fully saturated rings. The predicted molar refractivity (Wildman–Crippen MR) is 117 cm³/mol. The van der Waals surface area contributed by atoms with Crippen molar-refractivity contribution in [3.63, 3.8) is 0 Å². The fourth-order valence-corrected chi connectivity index (χ4v) is 3.91. The number of carbonyl (C=O) groups is 1. The number of aromatic nitrogens is 2. The summed E-state index contributed by atoms with van der Waals surface area (Å²) in [6.07, 6.45) is 0. The minimum Gasteiger partial charge on any atom is -0.497 e. The number of nitrogens with zero attached hydrogens (tertiary/aromatic N) is 2. The molecule has 0 bridgehead atoms. The van der Waals surface area contributed by atoms with Crippen LogP contribution in [0.2, 0.25) is 0 Å². The third-order valence-electron chi connectivity index (χ3n) is 4.81. The number of ether oxygens (including phenoxy) is 4. The fraction of sp³-hybridized carbons (Fsp3) is 0.136. The standard InChI is InChI=1S/C22H17N3O6S/c1-27-13-4-6-17(28-2)14(8-13)19-9-15(25-31-19)21(26)24-22-23-16(10-32-22)12-3-5-18-20(7-12)30-11-29-18/h3-10H,11H2,1-2H3,(H,23,24,26). The van der Waals surface area contributed by atoms with E-state index in [1.807, 2.05) is 23.6 Å². The molecule has 32 heavy (non-hydrogen) atoms. The first-order valence-corrected chi connectivity index (χ1v) is 10.4. The van der Waals surface area contributed by atoms with Crippen molar-refractivity contribution in [1.82, 2.24) is 10.1 Å². The van der Waals surface area contributed by atoms with Crippen molar-refractivity contribution in [2.75, 3.05) is 26.3 Å². The van der Waals surface area contributed by atoms with E-state index >= 15 is 0 Å². The molecule has 2 aromatic heterocycles. The van der Waals surface area contributed by atoms with Gasteiger partial charge in [0.25, 0.3) is 5.91 Å². The molecule has 1 amide bonds. The molecular weight excluding hydrogens is 434 g/mol. The van der Waals surface area contributed by atoms with Crippen LogP contribution in [0.4, 0.5) is 5.13 Å². The van der Waals surface area contributed by atoms with Crippen LogP contribution >= 0.6 is 11.3 Å². The average Bonchev–Trinajstić information content (AvgIpc) is 3.58. The van der Waals surface area contributed by atoms with E-state index in [2.05, 4.69) is 15.5 Å². The molecule has 0 spiro atoms. The summed E-state index contributed by atoms with van der Waals surface area (Å²) in [4.78, 5) is 17.2. The van der Waals surface area contributed by atoms with E-state index in [9.17, 15) is 4.79 Å². The Morgan fingerprint density at radius 3 is 2.78 bits per heavy atom. The number of hydrogen-bond donors (Lipinski definition) is 1. The largest absolute Gasteiger partial charge is 0.497 e. The van der Waals surface area contributed by atoms with E-state index in [1.165, 1.54) is 11.3 Å². The molecule has 1 N–H and O–H groups in total. The van der Waals surface area contributed by atoms with Crippen LogP contribution in [-0.4, -0.2) is 37.1 Å². The van der Waals surface area contributed by atoms with Crippen molar-refractivity contribution in [2.24, 2.45) is 0 Å². The molecule has 0 aliphatic carbocycles. The predicted octanol–water partition coefficient (Wildman–Crippen LogP) is 4.46. The van der Waals surface area contributed by atoms with E-state index in [4.69, 9.17) is 23.5 Å². The second-order valence-corrected chi connectivity index (χ2v) is 7.56. The molecule has 10 heteroatoms. The van der Waals surface area contributed by atoms with Crippen molar-refractivity contribution in [1.29, 1.82) is 0 Å². The van der Waals surface area contributed by atoms with E-state index in [1.54, 1.807) is 38.5 Å². The number of amides is 1. The summed E-state index contributed by atoms with van der Waals surface area (Å²) in [5.41, 5.74) is 2.31. The zero-order chi connectivity index (χ0) is 22.1. The van der Waals surface area contributed by atoms with Crippen molar-refractivity contribution in [3.05, 3.63) is 53.5 Å². The molecule has 1 aliphatic rings. The second kappa shape index (κ2) is 8.23. The van der Waals surface area contributed by atoms with Gasteiger partial charge in [0.1, 0.15) is 11.5 Å². The number of hydrogen-bond acceptors (Lipinski definition) is 9. The normalized spacial score (nSPS) is 11.9. The maximum absolute atomic E-state index is 12.7. The third kappa shape index (κ3) is 3.71. The molecule has 3 heterocycles. The minimum absolute atomic E-state index is 0.115. The topological polar surface area (TPSA) is 105 Å². The van der Waals surface area contributed by atoms with Gasteiger partial charge < -0.3 is 23.5 Å². The molecule has 0 radical (unpaired) electrons. The molecule has 0 unspecified atom stereocenters. The molecule has 162 valence electrons. The highest BCUT2D eigenvalue weighted by Crippen LogP contribution is 2.37. The lowest BCUT2D eigenvalue weighted by Crippen LogP contribution is -2.11. The van der Waals surface area contributed by atoms with Crippen molar-refractivity contribution in [2.45, 2.75) is 0 Å². The quantitative estimate of drug-likeness (QED) is 0.458. The summed E-state index contributed by atoms with van der Waals surface area (Å²) in [6, 6.07) is 12.4. The molecule has 4 aromatic rings. The maximum Gasteiger partial charge on any atom is 0.279 e. The van der Waals surface area contributed by atoms with E-state index < -0.39 is 5.91 Å². The zero-order valence-corrected chi connectivity index (χ0v) is 17.9. The monoisotopic (exact) mass is 451 g/mol. The summed E-state index contributed by atoms with van der Waals surface area (Å²) in [5, 5.41) is 8.92. The van der Waals surface area contributed by atoms with Crippen molar-refractivity contribution >= 4 is 22.4 Å². The number of benzene rings is 2. The van der Waals surface area contributed by atoms with Crippen LogP contribution < -0.4 is 24.3 Å². The first-order chi connectivity index (χ1) is 15.6. The third-order valence-corrected chi connectivity index (χ3v) is 5.57. The van der Waals surface area contributed by atoms with Gasteiger partial charge in [-0.3, -0.25) is 10.1 Å². The molecule has 0 saturated heterocycles. The molecule has 9 nitrogen and oxygen atoms in total. The van der Waals surface area contributed by atoms with Gasteiger partial charge in [-0.2, -0.15) is 0 Å². The van der Waals surface area contributed by atoms with Gasteiger partial charge in [0.15, 0.2) is 28.1 Å². The Labute approximate surface area is 186 Å². The number of fused-ring (bicyclic) bond motifs is 1. The smallest absolute Gasteiger partial charge is 0.279 e. The molecule has 0 saturated carbocycles. The number of anilines is 1. The lowest BCUT2D eigenvalue weighted by molar-refractivity contribution is 0.101. The maximum atomic E-state index is 12.7. The van der Waals surface area contributed by atoms with Gasteiger partial charge in [0, 0.05) is 17.0 Å². The summed E-state index contributed by atoms with van der Waals surface area (Å²) >= 11 is 1.30. The Bertz CT molecular complexity index is 1300. The van der Waals surface area contributed by atoms with Gasteiger partial charge >= 0.3 is 0 Å². The minimum atomic E-state index is -0.437. The van der Waals surface area contributed by atoms with Crippen molar-refractivity contribution in [3.8, 4) is 45.6 Å². The van der Waals surface area contributed by atoms with Crippen LogP contribution in [0.15, 0.2) is 52.4 Å². The van der Waals surface area contributed by atoms with E-state index in [0.29, 0.717) is 45.1 Å². The average molecular weight is 451 g/mol. The van der Waals surface area contributed by atoms with Crippen LogP contribution in [0.3, 0.4) is 0 Å². The van der Waals surface area contributed by atoms with E-state index in [0.717, 1.165) is 5.56 Å². The highest BCUT2D eigenvalue weighted by atomic mass is 32.1. The lowest BCUT2D eigenvalue weighted by atomic mass is 10.1. The molecule has 2 aromatic carbocycles. The summed E-state index contributed by atoms with van der Waals surface area (Å²) in [6.45, 7) is 0.207. The summed E-state index contributed by atoms with van der Waals surface area (Å²) in [5.74, 6) is 2.51. The van der Waals surface area contributed by atoms with E-state index in [-0.39, 0.29) is 12.5 Å². The van der Waals surface area contributed by atoms with Crippen LogP contribution in [-0.2, 0) is 0 Å². The number of nitrogens with one attached hydrogen (secondary N) is 1. The van der Waals surface area contributed by atoms with Crippen LogP contribution in [0.25, 0.3) is 22.6 Å². The number of carbonyl (C=O) groups excluding carboxylic acids is 1. The fourth-order valence-electron chi connectivity index (χ4n) is 3.20. The van der Waals surface area contributed by atoms with Gasteiger partial charge in [-0.25, -0.2) is 4.98 Å². The zero-order valence-electron chi connectivity index (χ0n) is 17.1.